The highest BCUT2D eigenvalue weighted by Crippen LogP contribution is 2.45. The molecule has 0 aliphatic carbocycles. The van der Waals surface area contributed by atoms with Gasteiger partial charge in [0.05, 0.1) is 7.11 Å². The van der Waals surface area contributed by atoms with Crippen LogP contribution >= 0.6 is 0 Å². The smallest absolute Gasteiger partial charge is 0.185 e. The van der Waals surface area contributed by atoms with Crippen molar-refractivity contribution in [2.45, 2.75) is 32.3 Å². The number of carbonyl (C=O) groups is 1. The lowest BCUT2D eigenvalue weighted by Gasteiger charge is -2.22. The normalized spacial score (nSPS) is 18.0. The summed E-state index contributed by atoms with van der Waals surface area (Å²) < 4.78 is 11.4. The third-order valence-corrected chi connectivity index (χ3v) is 4.91. The van der Waals surface area contributed by atoms with Crippen molar-refractivity contribution in [3.8, 4) is 17.2 Å². The van der Waals surface area contributed by atoms with Crippen LogP contribution in [-0.2, 0) is 5.41 Å². The molecule has 1 atom stereocenters. The number of ether oxygens (including phenoxy) is 2. The molecule has 4 nitrogen and oxygen atoms in total. The van der Waals surface area contributed by atoms with Gasteiger partial charge in [0.25, 0.3) is 0 Å². The molecule has 1 heterocycles. The van der Waals surface area contributed by atoms with Crippen LogP contribution in [0.25, 0.3) is 6.08 Å². The predicted octanol–water partition coefficient (Wildman–Crippen LogP) is 4.36. The Morgan fingerprint density at radius 2 is 1.92 bits per heavy atom. The van der Waals surface area contributed by atoms with Crippen molar-refractivity contribution in [2.75, 3.05) is 7.11 Å². The van der Waals surface area contributed by atoms with Crippen molar-refractivity contribution in [1.82, 2.24) is 0 Å². The lowest BCUT2D eigenvalue weighted by molar-refractivity contribution is 0.104. The number of hydrogen-bond acceptors (Lipinski definition) is 4. The Labute approximate surface area is 147 Å². The minimum Gasteiger partial charge on any atom is -0.508 e. The topological polar surface area (TPSA) is 55.8 Å². The van der Waals surface area contributed by atoms with E-state index in [4.69, 9.17) is 9.47 Å². The van der Waals surface area contributed by atoms with Gasteiger partial charge in [0.2, 0.25) is 0 Å². The average Bonchev–Trinajstić information content (AvgIpc) is 2.81. The van der Waals surface area contributed by atoms with Gasteiger partial charge in [0.1, 0.15) is 23.4 Å². The predicted molar refractivity (Wildman–Crippen MR) is 97.6 cm³/mol. The molecule has 1 N–H and O–H groups in total. The molecule has 0 fully saturated rings. The third kappa shape index (κ3) is 3.12. The van der Waals surface area contributed by atoms with Gasteiger partial charge in [0, 0.05) is 28.2 Å². The van der Waals surface area contributed by atoms with Gasteiger partial charge in [-0.25, -0.2) is 0 Å². The van der Waals surface area contributed by atoms with E-state index in [-0.39, 0.29) is 23.1 Å². The lowest BCUT2D eigenvalue weighted by Crippen LogP contribution is -2.28. The second kappa shape index (κ2) is 6.28. The summed E-state index contributed by atoms with van der Waals surface area (Å²) in [4.78, 5) is 12.3. The number of fused-ring (bicyclic) bond motifs is 1. The van der Waals surface area contributed by atoms with Crippen molar-refractivity contribution >= 4 is 11.9 Å². The first-order chi connectivity index (χ1) is 11.8. The zero-order chi connectivity index (χ0) is 18.2. The van der Waals surface area contributed by atoms with E-state index < -0.39 is 0 Å². The van der Waals surface area contributed by atoms with Crippen LogP contribution in [0.5, 0.6) is 17.2 Å². The summed E-state index contributed by atoms with van der Waals surface area (Å²) in [5.74, 6) is 1.50. The monoisotopic (exact) mass is 338 g/mol. The van der Waals surface area contributed by atoms with E-state index in [1.54, 1.807) is 25.3 Å². The van der Waals surface area contributed by atoms with Crippen molar-refractivity contribution in [1.29, 1.82) is 0 Å². The Morgan fingerprint density at radius 3 is 2.56 bits per heavy atom. The Kier molecular flexibility index (Phi) is 4.29. The highest BCUT2D eigenvalue weighted by atomic mass is 16.5. The fourth-order valence-corrected chi connectivity index (χ4v) is 2.93. The fourth-order valence-electron chi connectivity index (χ4n) is 2.93. The van der Waals surface area contributed by atoms with Gasteiger partial charge in [-0.15, -0.1) is 0 Å². The number of carbonyl (C=O) groups excluding carboxylic acids is 1. The minimum absolute atomic E-state index is 0.0741. The molecule has 1 aliphatic heterocycles. The minimum atomic E-state index is -0.133. The number of hydrogen-bond donors (Lipinski definition) is 1. The molecule has 0 spiro atoms. The highest BCUT2D eigenvalue weighted by molar-refractivity contribution is 6.07. The summed E-state index contributed by atoms with van der Waals surface area (Å²) in [5, 5.41) is 9.32. The maximum absolute atomic E-state index is 12.3. The molecule has 2 aromatic carbocycles. The van der Waals surface area contributed by atoms with Gasteiger partial charge >= 0.3 is 0 Å². The van der Waals surface area contributed by atoms with Crippen LogP contribution < -0.4 is 9.47 Å². The maximum Gasteiger partial charge on any atom is 0.185 e. The van der Waals surface area contributed by atoms with E-state index in [9.17, 15) is 9.90 Å². The molecule has 0 saturated carbocycles. The van der Waals surface area contributed by atoms with E-state index in [2.05, 4.69) is 20.8 Å². The van der Waals surface area contributed by atoms with Crippen LogP contribution in [0.3, 0.4) is 0 Å². The largest absolute Gasteiger partial charge is 0.508 e. The second-order valence-electron chi connectivity index (χ2n) is 6.82. The molecule has 2 aromatic rings. The van der Waals surface area contributed by atoms with Crippen molar-refractivity contribution < 1.29 is 19.4 Å². The number of methoxy groups -OCH3 is 1. The maximum atomic E-state index is 12.3. The summed E-state index contributed by atoms with van der Waals surface area (Å²) >= 11 is 0. The van der Waals surface area contributed by atoms with Crippen LogP contribution in [0.4, 0.5) is 0 Å². The molecule has 130 valence electrons. The molecular weight excluding hydrogens is 316 g/mol. The Hall–Kier alpha value is -2.75. The number of phenols is 1. The first-order valence-electron chi connectivity index (χ1n) is 8.23. The number of benzene rings is 2. The van der Waals surface area contributed by atoms with Crippen molar-refractivity contribution in [2.24, 2.45) is 0 Å². The molecule has 4 heteroatoms. The molecule has 1 aliphatic rings. The zero-order valence-corrected chi connectivity index (χ0v) is 14.9. The highest BCUT2D eigenvalue weighted by Gasteiger charge is 2.39. The molecule has 0 aromatic heterocycles. The quantitative estimate of drug-likeness (QED) is 0.665. The molecule has 0 amide bonds. The van der Waals surface area contributed by atoms with Crippen LogP contribution in [0, 0.1) is 0 Å². The van der Waals surface area contributed by atoms with E-state index in [0.29, 0.717) is 11.3 Å². The SMILES string of the molecule is COc1cc2c(cc1/C=C/C(=O)c1ccc(O)cc1)C(C)(C)C(C)O2. The van der Waals surface area contributed by atoms with Crippen LogP contribution in [0.1, 0.15) is 42.3 Å². The van der Waals surface area contributed by atoms with Gasteiger partial charge < -0.3 is 14.6 Å². The van der Waals surface area contributed by atoms with Gasteiger partial charge in [0.15, 0.2) is 5.78 Å². The summed E-state index contributed by atoms with van der Waals surface area (Å²) in [6.07, 6.45) is 3.35. The van der Waals surface area contributed by atoms with Gasteiger partial charge in [-0.05, 0) is 49.4 Å². The molecular formula is C21H22O4. The van der Waals surface area contributed by atoms with Gasteiger partial charge in [-0.3, -0.25) is 4.79 Å². The summed E-state index contributed by atoms with van der Waals surface area (Å²) in [6.45, 7) is 6.34. The Balaban J connectivity index is 1.93. The van der Waals surface area contributed by atoms with Gasteiger partial charge in [-0.2, -0.15) is 0 Å². The van der Waals surface area contributed by atoms with Crippen LogP contribution in [-0.4, -0.2) is 24.1 Å². The van der Waals surface area contributed by atoms with Crippen LogP contribution in [0.15, 0.2) is 42.5 Å². The lowest BCUT2D eigenvalue weighted by atomic mass is 9.81. The number of ketones is 1. The number of allylic oxidation sites excluding steroid dienone is 1. The van der Waals surface area contributed by atoms with E-state index >= 15 is 0 Å². The Bertz CT molecular complexity index is 832. The molecule has 25 heavy (non-hydrogen) atoms. The summed E-state index contributed by atoms with van der Waals surface area (Å²) in [5.41, 5.74) is 2.36. The van der Waals surface area contributed by atoms with Gasteiger partial charge in [-0.1, -0.05) is 13.8 Å². The molecule has 0 radical (unpaired) electrons. The summed E-state index contributed by atoms with van der Waals surface area (Å²) in [6, 6.07) is 10.1. The third-order valence-electron chi connectivity index (χ3n) is 4.91. The number of aromatic hydroxyl groups is 1. The van der Waals surface area contributed by atoms with E-state index in [1.165, 1.54) is 18.2 Å². The standard InChI is InChI=1S/C21H22O4/c1-13-21(2,3)17-11-15(19(24-4)12-20(17)25-13)7-10-18(23)14-5-8-16(22)9-6-14/h5-13,22H,1-4H3/b10-7+. The van der Waals surface area contributed by atoms with E-state index in [1.807, 2.05) is 12.1 Å². The van der Waals surface area contributed by atoms with Crippen molar-refractivity contribution in [3.63, 3.8) is 0 Å². The first kappa shape index (κ1) is 17.1. The average molecular weight is 338 g/mol. The fraction of sp³-hybridized carbons (Fsp3) is 0.286. The number of phenolic OH excluding ortho intramolecular Hbond substituents is 1. The van der Waals surface area contributed by atoms with Crippen molar-refractivity contribution in [3.05, 3.63) is 59.2 Å². The Morgan fingerprint density at radius 1 is 1.24 bits per heavy atom. The van der Waals surface area contributed by atoms with E-state index in [0.717, 1.165) is 16.9 Å². The first-order valence-corrected chi connectivity index (χ1v) is 8.23. The number of rotatable bonds is 4. The molecule has 0 bridgehead atoms. The summed E-state index contributed by atoms with van der Waals surface area (Å²) in [7, 11) is 1.60. The zero-order valence-electron chi connectivity index (χ0n) is 14.9. The molecule has 1 unspecified atom stereocenters. The second-order valence-corrected chi connectivity index (χ2v) is 6.82. The molecule has 3 rings (SSSR count). The molecule has 0 saturated heterocycles. The van der Waals surface area contributed by atoms with Crippen LogP contribution in [0.2, 0.25) is 0 Å².